The molecule has 0 spiro atoms. The molecule has 0 N–H and O–H groups in total. The van der Waals surface area contributed by atoms with Crippen LogP contribution in [0.1, 0.15) is 35.4 Å². The average Bonchev–Trinajstić information content (AvgIpc) is 3.14. The van der Waals surface area contributed by atoms with Crippen LogP contribution in [0.2, 0.25) is 0 Å². The van der Waals surface area contributed by atoms with Gasteiger partial charge in [0.05, 0.1) is 5.39 Å². The maximum atomic E-state index is 4.44. The molecule has 1 aliphatic rings. The average molecular weight is 312 g/mol. The van der Waals surface area contributed by atoms with Gasteiger partial charge >= 0.3 is 0 Å². The highest BCUT2D eigenvalue weighted by Gasteiger charge is 2.26. The lowest BCUT2D eigenvalue weighted by molar-refractivity contribution is 0.509. The maximum Gasteiger partial charge on any atom is 0.243 e. The summed E-state index contributed by atoms with van der Waals surface area (Å²) in [6.45, 7) is 6.31. The van der Waals surface area contributed by atoms with Gasteiger partial charge in [0.2, 0.25) is 5.78 Å². The second-order valence-corrected chi connectivity index (χ2v) is 7.40. The molecule has 7 heteroatoms. The van der Waals surface area contributed by atoms with Gasteiger partial charge in [-0.2, -0.15) is 0 Å². The summed E-state index contributed by atoms with van der Waals surface area (Å²) in [6, 6.07) is 0. The molecule has 4 aromatic heterocycles. The molecule has 22 heavy (non-hydrogen) atoms. The van der Waals surface area contributed by atoms with E-state index < -0.39 is 0 Å². The topological polar surface area (TPSA) is 60.4 Å². The number of fused-ring (bicyclic) bond motifs is 8. The van der Waals surface area contributed by atoms with Crippen LogP contribution in [0.15, 0.2) is 0 Å². The van der Waals surface area contributed by atoms with Crippen molar-refractivity contribution < 1.29 is 0 Å². The summed E-state index contributed by atoms with van der Waals surface area (Å²) in [7, 11) is 0. The first-order valence-corrected chi connectivity index (χ1v) is 8.46. The Hall–Kier alpha value is -2.02. The smallest absolute Gasteiger partial charge is 0.243 e. The van der Waals surface area contributed by atoms with Crippen LogP contribution >= 0.6 is 11.3 Å². The van der Waals surface area contributed by atoms with Gasteiger partial charge in [0.15, 0.2) is 5.65 Å². The Morgan fingerprint density at radius 3 is 2.68 bits per heavy atom. The third kappa shape index (κ3) is 1.39. The Kier molecular flexibility index (Phi) is 2.30. The van der Waals surface area contributed by atoms with Crippen molar-refractivity contribution in [1.82, 2.24) is 29.2 Å². The van der Waals surface area contributed by atoms with Crippen molar-refractivity contribution in [2.45, 2.75) is 40.0 Å². The van der Waals surface area contributed by atoms with E-state index in [-0.39, 0.29) is 0 Å². The fourth-order valence-electron chi connectivity index (χ4n) is 3.62. The molecule has 0 aliphatic heterocycles. The Labute approximate surface area is 130 Å². The molecule has 1 aliphatic carbocycles. The molecular weight excluding hydrogens is 296 g/mol. The SMILES string of the molecule is Cc1nnc2c3c4c(sc3n3c(C)nnc3n12)C[C@H](C)CC4. The van der Waals surface area contributed by atoms with Crippen molar-refractivity contribution in [2.24, 2.45) is 5.92 Å². The van der Waals surface area contributed by atoms with E-state index in [1.165, 1.54) is 27.1 Å². The summed E-state index contributed by atoms with van der Waals surface area (Å²) >= 11 is 1.88. The van der Waals surface area contributed by atoms with Crippen LogP contribution in [-0.4, -0.2) is 29.2 Å². The highest BCUT2D eigenvalue weighted by molar-refractivity contribution is 7.19. The summed E-state index contributed by atoms with van der Waals surface area (Å²) in [5.41, 5.74) is 2.39. The Balaban J connectivity index is 2.08. The van der Waals surface area contributed by atoms with E-state index in [0.29, 0.717) is 0 Å². The lowest BCUT2D eigenvalue weighted by Crippen LogP contribution is -2.08. The van der Waals surface area contributed by atoms with E-state index in [9.17, 15) is 0 Å². The molecule has 0 saturated carbocycles. The van der Waals surface area contributed by atoms with E-state index >= 15 is 0 Å². The number of aromatic nitrogens is 6. The van der Waals surface area contributed by atoms with Crippen LogP contribution in [-0.2, 0) is 12.8 Å². The first kappa shape index (κ1) is 12.5. The van der Waals surface area contributed by atoms with Crippen LogP contribution in [0.4, 0.5) is 0 Å². The number of hydrogen-bond acceptors (Lipinski definition) is 5. The molecule has 112 valence electrons. The van der Waals surface area contributed by atoms with Gasteiger partial charge in [0.1, 0.15) is 16.5 Å². The van der Waals surface area contributed by atoms with E-state index in [2.05, 4.69) is 31.7 Å². The standard InChI is InChI=1S/C15H16N6S/c1-7-4-5-10-11(6-7)22-14-12(10)13-18-16-8(2)20(13)15-19-17-9(3)21(14)15/h7H,4-6H2,1-3H3/t7-/m1/s1. The molecule has 1 atom stereocenters. The molecule has 6 nitrogen and oxygen atoms in total. The van der Waals surface area contributed by atoms with Gasteiger partial charge in [-0.15, -0.1) is 31.7 Å². The minimum atomic E-state index is 0.758. The number of nitrogens with zero attached hydrogens (tertiary/aromatic N) is 6. The normalized spacial score (nSPS) is 18.6. The summed E-state index contributed by atoms with van der Waals surface area (Å²) in [5.74, 6) is 3.35. The monoisotopic (exact) mass is 312 g/mol. The van der Waals surface area contributed by atoms with E-state index in [0.717, 1.165) is 41.8 Å². The van der Waals surface area contributed by atoms with E-state index in [4.69, 9.17) is 0 Å². The molecule has 0 radical (unpaired) electrons. The molecule has 4 aromatic rings. The van der Waals surface area contributed by atoms with Crippen LogP contribution < -0.4 is 0 Å². The van der Waals surface area contributed by atoms with Crippen LogP contribution in [0.25, 0.3) is 21.6 Å². The quantitative estimate of drug-likeness (QED) is 0.501. The van der Waals surface area contributed by atoms with Gasteiger partial charge in [0, 0.05) is 4.88 Å². The molecule has 0 saturated heterocycles. The highest BCUT2D eigenvalue weighted by atomic mass is 32.1. The van der Waals surface area contributed by atoms with Gasteiger partial charge in [-0.05, 0) is 44.6 Å². The Morgan fingerprint density at radius 1 is 1.05 bits per heavy atom. The van der Waals surface area contributed by atoms with Crippen LogP contribution in [0, 0.1) is 19.8 Å². The molecule has 0 bridgehead atoms. The van der Waals surface area contributed by atoms with Gasteiger partial charge in [0.25, 0.3) is 0 Å². The number of aryl methyl sites for hydroxylation is 3. The first-order chi connectivity index (χ1) is 10.6. The third-order valence-electron chi connectivity index (χ3n) is 4.75. The molecule has 0 fully saturated rings. The first-order valence-electron chi connectivity index (χ1n) is 7.65. The maximum absolute atomic E-state index is 4.44. The molecule has 5 rings (SSSR count). The number of hydrogen-bond donors (Lipinski definition) is 0. The molecule has 0 amide bonds. The lowest BCUT2D eigenvalue weighted by Gasteiger charge is -2.17. The van der Waals surface area contributed by atoms with Crippen molar-refractivity contribution in [3.05, 3.63) is 22.1 Å². The van der Waals surface area contributed by atoms with Crippen molar-refractivity contribution in [3.63, 3.8) is 0 Å². The van der Waals surface area contributed by atoms with E-state index in [1.54, 1.807) is 0 Å². The Morgan fingerprint density at radius 2 is 1.82 bits per heavy atom. The summed E-state index contributed by atoms with van der Waals surface area (Å²) in [5, 5.41) is 18.6. The lowest BCUT2D eigenvalue weighted by atomic mass is 9.89. The van der Waals surface area contributed by atoms with Crippen molar-refractivity contribution in [3.8, 4) is 0 Å². The predicted molar refractivity (Wildman–Crippen MR) is 85.6 cm³/mol. The van der Waals surface area contributed by atoms with Crippen LogP contribution in [0.3, 0.4) is 0 Å². The van der Waals surface area contributed by atoms with Crippen molar-refractivity contribution in [1.29, 1.82) is 0 Å². The predicted octanol–water partition coefficient (Wildman–Crippen LogP) is 2.73. The number of thiophene rings is 1. The fraction of sp³-hybridized carbons (Fsp3) is 0.467. The van der Waals surface area contributed by atoms with Gasteiger partial charge < -0.3 is 0 Å². The Bertz CT molecular complexity index is 1050. The zero-order chi connectivity index (χ0) is 15.0. The summed E-state index contributed by atoms with van der Waals surface area (Å²) < 4.78 is 4.19. The fourth-order valence-corrected chi connectivity index (χ4v) is 5.17. The van der Waals surface area contributed by atoms with Gasteiger partial charge in [-0.1, -0.05) is 6.92 Å². The minimum Gasteiger partial charge on any atom is -0.255 e. The van der Waals surface area contributed by atoms with Gasteiger partial charge in [-0.25, -0.2) is 4.40 Å². The highest BCUT2D eigenvalue weighted by Crippen LogP contribution is 2.40. The molecule has 4 heterocycles. The van der Waals surface area contributed by atoms with Crippen molar-refractivity contribution >= 4 is 33.0 Å². The summed E-state index contributed by atoms with van der Waals surface area (Å²) in [4.78, 5) is 2.72. The van der Waals surface area contributed by atoms with E-state index in [1.807, 2.05) is 29.6 Å². The molecule has 0 unspecified atom stereocenters. The zero-order valence-corrected chi connectivity index (χ0v) is 13.6. The second-order valence-electron chi connectivity index (χ2n) is 6.32. The second kappa shape index (κ2) is 4.04. The van der Waals surface area contributed by atoms with Crippen LogP contribution in [0.5, 0.6) is 0 Å². The third-order valence-corrected chi connectivity index (χ3v) is 5.99. The minimum absolute atomic E-state index is 0.758. The zero-order valence-electron chi connectivity index (χ0n) is 12.8. The molecular formula is C15H16N6S. The molecule has 0 aromatic carbocycles. The number of rotatable bonds is 0. The largest absolute Gasteiger partial charge is 0.255 e. The van der Waals surface area contributed by atoms with Crippen molar-refractivity contribution in [2.75, 3.05) is 0 Å². The van der Waals surface area contributed by atoms with Gasteiger partial charge in [-0.3, -0.25) is 4.40 Å². The summed E-state index contributed by atoms with van der Waals surface area (Å²) in [6.07, 6.45) is 3.54.